The lowest BCUT2D eigenvalue weighted by Crippen LogP contribution is -2.42. The van der Waals surface area contributed by atoms with Crippen LogP contribution in [0.3, 0.4) is 0 Å². The predicted molar refractivity (Wildman–Crippen MR) is 82.9 cm³/mol. The molecule has 6 heteroatoms. The van der Waals surface area contributed by atoms with Crippen LogP contribution >= 0.6 is 0 Å². The van der Waals surface area contributed by atoms with E-state index in [1.807, 2.05) is 19.2 Å². The fraction of sp³-hybridized carbons (Fsp3) is 0.600. The fourth-order valence-corrected chi connectivity index (χ4v) is 4.07. The first kappa shape index (κ1) is 16.4. The molecule has 1 aliphatic rings. The van der Waals surface area contributed by atoms with Crippen LogP contribution in [-0.4, -0.2) is 52.6 Å². The SMILES string of the molecule is CNCCc1ccc(S(=O)(=O)N2CCCC(OC)C2)cc1. The summed E-state index contributed by atoms with van der Waals surface area (Å²) in [4.78, 5) is 0.368. The van der Waals surface area contributed by atoms with Crippen molar-refractivity contribution >= 4 is 10.0 Å². The molecule has 0 aliphatic carbocycles. The number of methoxy groups -OCH3 is 1. The Morgan fingerprint density at radius 2 is 2.05 bits per heavy atom. The highest BCUT2D eigenvalue weighted by Gasteiger charge is 2.30. The molecule has 5 nitrogen and oxygen atoms in total. The van der Waals surface area contributed by atoms with E-state index >= 15 is 0 Å². The lowest BCUT2D eigenvalue weighted by atomic mass is 10.1. The second kappa shape index (κ2) is 7.35. The zero-order valence-corrected chi connectivity index (χ0v) is 13.5. The molecule has 1 aliphatic heterocycles. The number of hydrogen-bond donors (Lipinski definition) is 1. The number of benzene rings is 1. The Kier molecular flexibility index (Phi) is 5.75. The van der Waals surface area contributed by atoms with E-state index in [1.54, 1.807) is 19.2 Å². The van der Waals surface area contributed by atoms with Gasteiger partial charge in [0, 0.05) is 20.2 Å². The van der Waals surface area contributed by atoms with Crippen molar-refractivity contribution in [1.82, 2.24) is 9.62 Å². The molecule has 0 amide bonds. The maximum absolute atomic E-state index is 12.6. The van der Waals surface area contributed by atoms with E-state index in [1.165, 1.54) is 4.31 Å². The lowest BCUT2D eigenvalue weighted by molar-refractivity contribution is 0.0572. The normalized spacial score (nSPS) is 20.6. The van der Waals surface area contributed by atoms with E-state index in [-0.39, 0.29) is 6.10 Å². The van der Waals surface area contributed by atoms with Crippen molar-refractivity contribution in [2.75, 3.05) is 33.8 Å². The maximum Gasteiger partial charge on any atom is 0.243 e. The predicted octanol–water partition coefficient (Wildman–Crippen LogP) is 1.25. The summed E-state index contributed by atoms with van der Waals surface area (Å²) in [6, 6.07) is 7.19. The Morgan fingerprint density at radius 3 is 2.67 bits per heavy atom. The summed E-state index contributed by atoms with van der Waals surface area (Å²) >= 11 is 0. The van der Waals surface area contributed by atoms with E-state index in [4.69, 9.17) is 4.74 Å². The molecule has 1 unspecified atom stereocenters. The second-order valence-electron chi connectivity index (χ2n) is 5.36. The summed E-state index contributed by atoms with van der Waals surface area (Å²) in [6.07, 6.45) is 2.67. The molecule has 21 heavy (non-hydrogen) atoms. The van der Waals surface area contributed by atoms with E-state index in [2.05, 4.69) is 5.32 Å². The summed E-state index contributed by atoms with van der Waals surface area (Å²) in [6.45, 7) is 1.90. The summed E-state index contributed by atoms with van der Waals surface area (Å²) in [5.74, 6) is 0. The molecule has 2 rings (SSSR count). The number of hydrogen-bond acceptors (Lipinski definition) is 4. The molecular formula is C15H24N2O3S. The first-order valence-electron chi connectivity index (χ1n) is 7.34. The van der Waals surface area contributed by atoms with Crippen molar-refractivity contribution in [2.45, 2.75) is 30.3 Å². The topological polar surface area (TPSA) is 58.6 Å². The fourth-order valence-electron chi connectivity index (χ4n) is 2.56. The van der Waals surface area contributed by atoms with Crippen molar-refractivity contribution in [3.63, 3.8) is 0 Å². The molecule has 0 aromatic heterocycles. The molecule has 0 radical (unpaired) electrons. The Labute approximate surface area is 127 Å². The number of rotatable bonds is 6. The van der Waals surface area contributed by atoms with Crippen LogP contribution in [0.5, 0.6) is 0 Å². The van der Waals surface area contributed by atoms with E-state index < -0.39 is 10.0 Å². The van der Waals surface area contributed by atoms with Gasteiger partial charge >= 0.3 is 0 Å². The molecule has 0 saturated carbocycles. The van der Waals surface area contributed by atoms with Crippen LogP contribution in [0.15, 0.2) is 29.2 Å². The van der Waals surface area contributed by atoms with Crippen LogP contribution in [0.4, 0.5) is 0 Å². The smallest absolute Gasteiger partial charge is 0.243 e. The zero-order valence-electron chi connectivity index (χ0n) is 12.7. The summed E-state index contributed by atoms with van der Waals surface area (Å²) < 4.78 is 32.1. The number of nitrogens with zero attached hydrogens (tertiary/aromatic N) is 1. The van der Waals surface area contributed by atoms with Crippen LogP contribution in [0.2, 0.25) is 0 Å². The van der Waals surface area contributed by atoms with Gasteiger partial charge in [-0.1, -0.05) is 12.1 Å². The number of likely N-dealkylation sites (N-methyl/N-ethyl adjacent to an activating group) is 1. The van der Waals surface area contributed by atoms with Crippen molar-refractivity contribution in [2.24, 2.45) is 0 Å². The highest BCUT2D eigenvalue weighted by molar-refractivity contribution is 7.89. The van der Waals surface area contributed by atoms with E-state index in [0.717, 1.165) is 31.4 Å². The molecule has 1 fully saturated rings. The minimum Gasteiger partial charge on any atom is -0.380 e. The van der Waals surface area contributed by atoms with Gasteiger partial charge in [0.1, 0.15) is 0 Å². The third kappa shape index (κ3) is 4.03. The molecular weight excluding hydrogens is 288 g/mol. The van der Waals surface area contributed by atoms with Gasteiger partial charge in [-0.3, -0.25) is 0 Å². The van der Waals surface area contributed by atoms with Crippen LogP contribution in [0.1, 0.15) is 18.4 Å². The molecule has 1 atom stereocenters. The third-order valence-corrected chi connectivity index (χ3v) is 5.78. The molecule has 1 saturated heterocycles. The number of nitrogens with one attached hydrogen (secondary N) is 1. The Morgan fingerprint density at radius 1 is 1.33 bits per heavy atom. The van der Waals surface area contributed by atoms with Crippen molar-refractivity contribution in [3.8, 4) is 0 Å². The van der Waals surface area contributed by atoms with Crippen molar-refractivity contribution in [1.29, 1.82) is 0 Å². The summed E-state index contributed by atoms with van der Waals surface area (Å²) in [5.41, 5.74) is 1.14. The second-order valence-corrected chi connectivity index (χ2v) is 7.30. The molecule has 0 spiro atoms. The number of sulfonamides is 1. The Balaban J connectivity index is 2.11. The van der Waals surface area contributed by atoms with Gasteiger partial charge < -0.3 is 10.1 Å². The maximum atomic E-state index is 12.6. The van der Waals surface area contributed by atoms with Gasteiger partial charge in [0.25, 0.3) is 0 Å². The Hall–Kier alpha value is -0.950. The summed E-state index contributed by atoms with van der Waals surface area (Å²) in [7, 11) is 0.136. The van der Waals surface area contributed by atoms with Crippen LogP contribution in [0, 0.1) is 0 Å². The van der Waals surface area contributed by atoms with Crippen molar-refractivity contribution in [3.05, 3.63) is 29.8 Å². The average Bonchev–Trinajstić information content (AvgIpc) is 2.53. The molecule has 1 heterocycles. The van der Waals surface area contributed by atoms with Gasteiger partial charge in [-0.05, 0) is 50.6 Å². The van der Waals surface area contributed by atoms with Crippen LogP contribution in [-0.2, 0) is 21.2 Å². The zero-order chi connectivity index (χ0) is 15.3. The van der Waals surface area contributed by atoms with Gasteiger partial charge in [-0.15, -0.1) is 0 Å². The van der Waals surface area contributed by atoms with Crippen LogP contribution in [0.25, 0.3) is 0 Å². The van der Waals surface area contributed by atoms with Crippen molar-refractivity contribution < 1.29 is 13.2 Å². The van der Waals surface area contributed by atoms with E-state index in [9.17, 15) is 8.42 Å². The lowest BCUT2D eigenvalue weighted by Gasteiger charge is -2.31. The van der Waals surface area contributed by atoms with Gasteiger partial charge in [0.15, 0.2) is 0 Å². The number of ether oxygens (including phenoxy) is 1. The molecule has 1 aromatic rings. The monoisotopic (exact) mass is 312 g/mol. The highest BCUT2D eigenvalue weighted by atomic mass is 32.2. The molecule has 1 aromatic carbocycles. The number of piperidine rings is 1. The van der Waals surface area contributed by atoms with Gasteiger partial charge in [0.05, 0.1) is 11.0 Å². The quantitative estimate of drug-likeness (QED) is 0.859. The minimum atomic E-state index is -3.40. The largest absolute Gasteiger partial charge is 0.380 e. The molecule has 0 bridgehead atoms. The molecule has 118 valence electrons. The van der Waals surface area contributed by atoms with E-state index in [0.29, 0.717) is 18.0 Å². The van der Waals surface area contributed by atoms with Crippen LogP contribution < -0.4 is 5.32 Å². The minimum absolute atomic E-state index is 0.00317. The Bertz CT molecular complexity index is 543. The first-order valence-corrected chi connectivity index (χ1v) is 8.78. The molecule has 1 N–H and O–H groups in total. The van der Waals surface area contributed by atoms with Gasteiger partial charge in [0.2, 0.25) is 10.0 Å². The first-order chi connectivity index (χ1) is 10.1. The average molecular weight is 312 g/mol. The summed E-state index contributed by atoms with van der Waals surface area (Å²) in [5, 5.41) is 3.08. The highest BCUT2D eigenvalue weighted by Crippen LogP contribution is 2.22. The van der Waals surface area contributed by atoms with Gasteiger partial charge in [-0.2, -0.15) is 4.31 Å². The van der Waals surface area contributed by atoms with Gasteiger partial charge in [-0.25, -0.2) is 8.42 Å². The third-order valence-electron chi connectivity index (χ3n) is 3.90. The standard InChI is InChI=1S/C15H24N2O3S/c1-16-10-9-13-5-7-15(8-6-13)21(18,19)17-11-3-4-14(12-17)20-2/h5-8,14,16H,3-4,9-12H2,1-2H3.